The molecule has 2 rings (SSSR count). The molecule has 2 nitrogen and oxygen atoms in total. The zero-order valence-corrected chi connectivity index (χ0v) is 10.9. The van der Waals surface area contributed by atoms with Crippen LogP contribution >= 0.6 is 0 Å². The van der Waals surface area contributed by atoms with Gasteiger partial charge in [-0.05, 0) is 30.4 Å². The second kappa shape index (κ2) is 5.72. The summed E-state index contributed by atoms with van der Waals surface area (Å²) in [4.78, 5) is 0. The Kier molecular flexibility index (Phi) is 4.22. The first-order chi connectivity index (χ1) is 8.99. The summed E-state index contributed by atoms with van der Waals surface area (Å²) >= 11 is 0. The van der Waals surface area contributed by atoms with Gasteiger partial charge in [0, 0.05) is 6.54 Å². The number of para-hydroxylation sites is 1. The molecule has 0 spiro atoms. The molecule has 0 radical (unpaired) electrons. The lowest BCUT2D eigenvalue weighted by molar-refractivity contribution is -0.153. The van der Waals surface area contributed by atoms with Crippen LogP contribution in [0, 0.1) is 5.92 Å². The van der Waals surface area contributed by atoms with Gasteiger partial charge < -0.3 is 10.1 Å². The van der Waals surface area contributed by atoms with Gasteiger partial charge in [-0.2, -0.15) is 13.2 Å². The maximum absolute atomic E-state index is 12.2. The summed E-state index contributed by atoms with van der Waals surface area (Å²) in [6.45, 7) is 1.69. The van der Waals surface area contributed by atoms with Gasteiger partial charge in [0.1, 0.15) is 5.75 Å². The Labute approximate surface area is 111 Å². The van der Waals surface area contributed by atoms with Crippen molar-refractivity contribution in [2.24, 2.45) is 5.92 Å². The molecule has 0 aliphatic carbocycles. The standard InChI is InChI=1S/C14H18F3NO/c1-2-4-10-7-11-5-3-6-12(13(11)18-8-10)19-9-14(15,16)17/h3,5-6,10,18H,2,4,7-9H2,1H3. The Bertz CT molecular complexity index is 431. The Morgan fingerprint density at radius 1 is 1.37 bits per heavy atom. The molecule has 0 saturated heterocycles. The highest BCUT2D eigenvalue weighted by molar-refractivity contribution is 5.63. The summed E-state index contributed by atoms with van der Waals surface area (Å²) < 4.78 is 41.4. The van der Waals surface area contributed by atoms with Crippen LogP contribution in [-0.2, 0) is 6.42 Å². The first-order valence-corrected chi connectivity index (χ1v) is 6.55. The molecule has 1 heterocycles. The van der Waals surface area contributed by atoms with Crippen molar-refractivity contribution in [3.63, 3.8) is 0 Å². The summed E-state index contributed by atoms with van der Waals surface area (Å²) in [5.41, 5.74) is 1.77. The third kappa shape index (κ3) is 3.78. The van der Waals surface area contributed by atoms with E-state index in [0.29, 0.717) is 11.7 Å². The minimum absolute atomic E-state index is 0.296. The maximum atomic E-state index is 12.2. The molecule has 0 fully saturated rings. The quantitative estimate of drug-likeness (QED) is 0.895. The Morgan fingerprint density at radius 2 is 2.16 bits per heavy atom. The average Bonchev–Trinajstić information content (AvgIpc) is 2.35. The number of hydrogen-bond acceptors (Lipinski definition) is 2. The monoisotopic (exact) mass is 273 g/mol. The summed E-state index contributed by atoms with van der Waals surface area (Å²) in [7, 11) is 0. The summed E-state index contributed by atoms with van der Waals surface area (Å²) in [5, 5.41) is 3.21. The fourth-order valence-corrected chi connectivity index (χ4v) is 2.47. The van der Waals surface area contributed by atoms with E-state index in [4.69, 9.17) is 4.74 Å². The van der Waals surface area contributed by atoms with E-state index in [1.807, 2.05) is 6.07 Å². The lowest BCUT2D eigenvalue weighted by Crippen LogP contribution is -2.25. The van der Waals surface area contributed by atoms with Gasteiger partial charge in [-0.25, -0.2) is 0 Å². The number of hydrogen-bond donors (Lipinski definition) is 1. The van der Waals surface area contributed by atoms with Crippen molar-refractivity contribution in [2.45, 2.75) is 32.4 Å². The number of benzene rings is 1. The van der Waals surface area contributed by atoms with Crippen LogP contribution in [0.5, 0.6) is 5.75 Å². The van der Waals surface area contributed by atoms with Crippen molar-refractivity contribution in [1.29, 1.82) is 0 Å². The number of nitrogens with one attached hydrogen (secondary N) is 1. The predicted octanol–water partition coefficient (Wildman–Crippen LogP) is 4.01. The van der Waals surface area contributed by atoms with Crippen LogP contribution in [0.4, 0.5) is 18.9 Å². The van der Waals surface area contributed by atoms with Gasteiger partial charge in [0.05, 0.1) is 5.69 Å². The van der Waals surface area contributed by atoms with E-state index in [0.717, 1.165) is 37.1 Å². The molecule has 0 aromatic heterocycles. The van der Waals surface area contributed by atoms with Crippen LogP contribution in [-0.4, -0.2) is 19.3 Å². The molecule has 1 aromatic carbocycles. The fraction of sp³-hybridized carbons (Fsp3) is 0.571. The van der Waals surface area contributed by atoms with Gasteiger partial charge in [-0.15, -0.1) is 0 Å². The number of fused-ring (bicyclic) bond motifs is 1. The highest BCUT2D eigenvalue weighted by Crippen LogP contribution is 2.35. The smallest absolute Gasteiger partial charge is 0.422 e. The lowest BCUT2D eigenvalue weighted by atomic mass is 9.90. The molecule has 1 N–H and O–H groups in total. The molecule has 106 valence electrons. The molecular weight excluding hydrogens is 255 g/mol. The second-order valence-corrected chi connectivity index (χ2v) is 4.93. The molecule has 1 aromatic rings. The molecule has 0 saturated carbocycles. The summed E-state index contributed by atoms with van der Waals surface area (Å²) in [5.74, 6) is 0.847. The second-order valence-electron chi connectivity index (χ2n) is 4.93. The Morgan fingerprint density at radius 3 is 2.84 bits per heavy atom. The Hall–Kier alpha value is -1.39. The molecular formula is C14H18F3NO. The van der Waals surface area contributed by atoms with Crippen molar-refractivity contribution < 1.29 is 17.9 Å². The van der Waals surface area contributed by atoms with E-state index < -0.39 is 12.8 Å². The Balaban J connectivity index is 2.09. The van der Waals surface area contributed by atoms with Crippen molar-refractivity contribution in [2.75, 3.05) is 18.5 Å². The number of ether oxygens (including phenoxy) is 1. The van der Waals surface area contributed by atoms with Crippen molar-refractivity contribution in [1.82, 2.24) is 0 Å². The van der Waals surface area contributed by atoms with Gasteiger partial charge in [-0.1, -0.05) is 25.5 Å². The molecule has 19 heavy (non-hydrogen) atoms. The molecule has 0 bridgehead atoms. The van der Waals surface area contributed by atoms with Gasteiger partial charge in [-0.3, -0.25) is 0 Å². The van der Waals surface area contributed by atoms with E-state index in [1.54, 1.807) is 12.1 Å². The first-order valence-electron chi connectivity index (χ1n) is 6.55. The van der Waals surface area contributed by atoms with Crippen LogP contribution < -0.4 is 10.1 Å². The van der Waals surface area contributed by atoms with Gasteiger partial charge in [0.15, 0.2) is 6.61 Å². The molecule has 1 unspecified atom stereocenters. The molecule has 1 aliphatic rings. The van der Waals surface area contributed by atoms with Crippen LogP contribution in [0.1, 0.15) is 25.3 Å². The predicted molar refractivity (Wildman–Crippen MR) is 68.6 cm³/mol. The highest BCUT2D eigenvalue weighted by atomic mass is 19.4. The molecule has 1 aliphatic heterocycles. The SMILES string of the molecule is CCCC1CNc2c(cccc2OCC(F)(F)F)C1. The van der Waals surface area contributed by atoms with Crippen molar-refractivity contribution in [3.05, 3.63) is 23.8 Å². The van der Waals surface area contributed by atoms with Crippen molar-refractivity contribution >= 4 is 5.69 Å². The van der Waals surface area contributed by atoms with E-state index in [-0.39, 0.29) is 0 Å². The maximum Gasteiger partial charge on any atom is 0.422 e. The summed E-state index contributed by atoms with van der Waals surface area (Å²) in [6.07, 6.45) is -1.16. The largest absolute Gasteiger partial charge is 0.482 e. The highest BCUT2D eigenvalue weighted by Gasteiger charge is 2.29. The van der Waals surface area contributed by atoms with Gasteiger partial charge in [0.2, 0.25) is 0 Å². The van der Waals surface area contributed by atoms with Crippen molar-refractivity contribution in [3.8, 4) is 5.75 Å². The normalized spacial score (nSPS) is 18.6. The van der Waals surface area contributed by atoms with Gasteiger partial charge in [0.25, 0.3) is 0 Å². The fourth-order valence-electron chi connectivity index (χ4n) is 2.47. The minimum Gasteiger partial charge on any atom is -0.482 e. The molecule has 0 amide bonds. The lowest BCUT2D eigenvalue weighted by Gasteiger charge is -2.27. The number of anilines is 1. The third-order valence-corrected chi connectivity index (χ3v) is 3.28. The van der Waals surface area contributed by atoms with Gasteiger partial charge >= 0.3 is 6.18 Å². The topological polar surface area (TPSA) is 21.3 Å². The van der Waals surface area contributed by atoms with Crippen LogP contribution in [0.25, 0.3) is 0 Å². The minimum atomic E-state index is -4.30. The first kappa shape index (κ1) is 14.0. The van der Waals surface area contributed by atoms with E-state index in [1.165, 1.54) is 0 Å². The molecule has 1 atom stereocenters. The summed E-state index contributed by atoms with van der Waals surface area (Å²) in [6, 6.07) is 5.28. The molecule has 5 heteroatoms. The third-order valence-electron chi connectivity index (χ3n) is 3.28. The van der Waals surface area contributed by atoms with E-state index in [9.17, 15) is 13.2 Å². The average molecular weight is 273 g/mol. The van der Waals surface area contributed by atoms with Crippen LogP contribution in [0.15, 0.2) is 18.2 Å². The van der Waals surface area contributed by atoms with Crippen LogP contribution in [0.3, 0.4) is 0 Å². The zero-order chi connectivity index (χ0) is 13.9. The van der Waals surface area contributed by atoms with Crippen LogP contribution in [0.2, 0.25) is 0 Å². The number of halogens is 3. The van der Waals surface area contributed by atoms with E-state index >= 15 is 0 Å². The zero-order valence-electron chi connectivity index (χ0n) is 10.9. The van der Waals surface area contributed by atoms with E-state index in [2.05, 4.69) is 12.2 Å². The number of alkyl halides is 3. The number of rotatable bonds is 4.